The predicted octanol–water partition coefficient (Wildman–Crippen LogP) is 5.10. The molecule has 0 aliphatic heterocycles. The third-order valence-corrected chi connectivity index (χ3v) is 4.77. The van der Waals surface area contributed by atoms with E-state index in [1.54, 1.807) is 16.9 Å². The third kappa shape index (κ3) is 4.44. The van der Waals surface area contributed by atoms with Gasteiger partial charge in [-0.1, -0.05) is 36.8 Å². The first-order chi connectivity index (χ1) is 13.8. The minimum atomic E-state index is -2.59. The first-order valence-corrected chi connectivity index (χ1v) is 9.84. The number of aromatic nitrogens is 3. The number of hydrogen-bond acceptors (Lipinski definition) is 3. The van der Waals surface area contributed by atoms with E-state index in [2.05, 4.69) is 5.10 Å². The Labute approximate surface area is 169 Å². The van der Waals surface area contributed by atoms with Gasteiger partial charge in [-0.2, -0.15) is 5.10 Å². The number of carbonyl (C=O) groups is 1. The van der Waals surface area contributed by atoms with Crippen LogP contribution in [0.15, 0.2) is 36.5 Å². The van der Waals surface area contributed by atoms with Crippen molar-refractivity contribution in [2.75, 3.05) is 13.1 Å². The van der Waals surface area contributed by atoms with Crippen LogP contribution in [0.25, 0.3) is 22.3 Å². The summed E-state index contributed by atoms with van der Waals surface area (Å²) in [5.41, 5.74) is 3.53. The van der Waals surface area contributed by atoms with Crippen LogP contribution >= 0.6 is 0 Å². The molecular formula is C22H26F2N4O. The Morgan fingerprint density at radius 1 is 1.21 bits per heavy atom. The Hall–Kier alpha value is -2.83. The summed E-state index contributed by atoms with van der Waals surface area (Å²) in [7, 11) is 0. The molecule has 0 fully saturated rings. The van der Waals surface area contributed by atoms with Crippen LogP contribution in [-0.2, 0) is 0 Å². The van der Waals surface area contributed by atoms with Gasteiger partial charge in [0.25, 0.3) is 12.3 Å². The average molecular weight is 400 g/mol. The maximum Gasteiger partial charge on any atom is 0.255 e. The lowest BCUT2D eigenvalue weighted by Crippen LogP contribution is -2.35. The summed E-state index contributed by atoms with van der Waals surface area (Å²) in [4.78, 5) is 19.2. The molecule has 5 nitrogen and oxygen atoms in total. The molecule has 0 spiro atoms. The van der Waals surface area contributed by atoms with Crippen LogP contribution in [0.1, 0.15) is 49.2 Å². The van der Waals surface area contributed by atoms with Crippen LogP contribution in [0.4, 0.5) is 8.78 Å². The van der Waals surface area contributed by atoms with Crippen molar-refractivity contribution in [2.45, 2.75) is 46.6 Å². The number of rotatable bonds is 7. The number of fused-ring (bicyclic) bond motifs is 1. The highest BCUT2D eigenvalue weighted by Crippen LogP contribution is 2.27. The molecule has 0 radical (unpaired) electrons. The molecular weight excluding hydrogens is 374 g/mol. The fourth-order valence-electron chi connectivity index (χ4n) is 3.33. The van der Waals surface area contributed by atoms with Crippen LogP contribution in [0.3, 0.4) is 0 Å². The first kappa shape index (κ1) is 20.9. The van der Waals surface area contributed by atoms with Gasteiger partial charge in [-0.05, 0) is 33.3 Å². The van der Waals surface area contributed by atoms with Gasteiger partial charge in [-0.15, -0.1) is 0 Å². The fourth-order valence-corrected chi connectivity index (χ4v) is 3.33. The first-order valence-electron chi connectivity index (χ1n) is 9.84. The van der Waals surface area contributed by atoms with E-state index in [1.807, 2.05) is 52.0 Å². The van der Waals surface area contributed by atoms with E-state index in [9.17, 15) is 13.6 Å². The molecule has 0 saturated heterocycles. The molecule has 1 aromatic carbocycles. The number of aryl methyl sites for hydroxylation is 1. The van der Waals surface area contributed by atoms with Crippen LogP contribution in [0.2, 0.25) is 0 Å². The second-order valence-electron chi connectivity index (χ2n) is 7.48. The standard InChI is InChI=1S/C22H26F2N4O/c1-5-10-27(13-20(23)24)22(29)17-11-19(16-8-6-15(4)7-9-16)26-21-18(17)12-25-28(21)14(2)3/h6-9,11-12,14,20H,5,10,13H2,1-4H3. The highest BCUT2D eigenvalue weighted by atomic mass is 19.3. The molecule has 3 aromatic rings. The van der Waals surface area contributed by atoms with Crippen molar-refractivity contribution in [3.05, 3.63) is 47.7 Å². The van der Waals surface area contributed by atoms with Crippen molar-refractivity contribution < 1.29 is 13.6 Å². The van der Waals surface area contributed by atoms with Crippen molar-refractivity contribution in [1.29, 1.82) is 0 Å². The van der Waals surface area contributed by atoms with Gasteiger partial charge in [-0.25, -0.2) is 18.4 Å². The van der Waals surface area contributed by atoms with Gasteiger partial charge >= 0.3 is 0 Å². The summed E-state index contributed by atoms with van der Waals surface area (Å²) in [6.07, 6.45) is -0.387. The van der Waals surface area contributed by atoms with Crippen molar-refractivity contribution >= 4 is 16.9 Å². The molecule has 0 N–H and O–H groups in total. The normalized spacial score (nSPS) is 11.6. The lowest BCUT2D eigenvalue weighted by Gasteiger charge is -2.22. The summed E-state index contributed by atoms with van der Waals surface area (Å²) >= 11 is 0. The van der Waals surface area contributed by atoms with Crippen molar-refractivity contribution in [1.82, 2.24) is 19.7 Å². The van der Waals surface area contributed by atoms with Crippen molar-refractivity contribution in [3.63, 3.8) is 0 Å². The minimum Gasteiger partial charge on any atom is -0.333 e. The lowest BCUT2D eigenvalue weighted by atomic mass is 10.0. The quantitative estimate of drug-likeness (QED) is 0.554. The second kappa shape index (κ2) is 8.68. The Bertz CT molecular complexity index is 996. The van der Waals surface area contributed by atoms with E-state index in [0.29, 0.717) is 28.7 Å². The third-order valence-electron chi connectivity index (χ3n) is 4.77. The number of nitrogens with zero attached hydrogens (tertiary/aromatic N) is 4. The lowest BCUT2D eigenvalue weighted by molar-refractivity contribution is 0.0557. The highest BCUT2D eigenvalue weighted by Gasteiger charge is 2.24. The van der Waals surface area contributed by atoms with E-state index in [-0.39, 0.29) is 12.6 Å². The van der Waals surface area contributed by atoms with Gasteiger partial charge in [0, 0.05) is 18.2 Å². The molecule has 0 bridgehead atoms. The molecule has 0 atom stereocenters. The van der Waals surface area contributed by atoms with Crippen LogP contribution in [0, 0.1) is 6.92 Å². The fraction of sp³-hybridized carbons (Fsp3) is 0.409. The van der Waals surface area contributed by atoms with Gasteiger partial charge in [-0.3, -0.25) is 4.79 Å². The van der Waals surface area contributed by atoms with Crippen molar-refractivity contribution in [3.8, 4) is 11.3 Å². The number of amides is 1. The van der Waals surface area contributed by atoms with E-state index in [0.717, 1.165) is 11.1 Å². The molecule has 2 heterocycles. The zero-order valence-electron chi connectivity index (χ0n) is 17.2. The topological polar surface area (TPSA) is 51.0 Å². The summed E-state index contributed by atoms with van der Waals surface area (Å²) in [5.74, 6) is -0.420. The van der Waals surface area contributed by atoms with E-state index in [1.165, 1.54) is 4.90 Å². The summed E-state index contributed by atoms with van der Waals surface area (Å²) in [5, 5.41) is 4.97. The predicted molar refractivity (Wildman–Crippen MR) is 110 cm³/mol. The second-order valence-corrected chi connectivity index (χ2v) is 7.48. The Balaban J connectivity index is 2.18. The SMILES string of the molecule is CCCN(CC(F)F)C(=O)c1cc(-c2ccc(C)cc2)nc2c1cnn2C(C)C. The number of alkyl halides is 2. The van der Waals surface area contributed by atoms with Gasteiger partial charge in [0.15, 0.2) is 5.65 Å². The molecule has 0 saturated carbocycles. The molecule has 0 unspecified atom stereocenters. The molecule has 29 heavy (non-hydrogen) atoms. The molecule has 3 rings (SSSR count). The molecule has 0 aliphatic rings. The highest BCUT2D eigenvalue weighted by molar-refractivity contribution is 6.06. The Morgan fingerprint density at radius 2 is 1.90 bits per heavy atom. The Kier molecular flexibility index (Phi) is 6.25. The van der Waals surface area contributed by atoms with E-state index in [4.69, 9.17) is 4.98 Å². The number of halogens is 2. The van der Waals surface area contributed by atoms with E-state index >= 15 is 0 Å². The molecule has 1 amide bonds. The molecule has 2 aromatic heterocycles. The number of pyridine rings is 1. The van der Waals surface area contributed by atoms with Crippen LogP contribution in [0.5, 0.6) is 0 Å². The van der Waals surface area contributed by atoms with Gasteiger partial charge in [0.1, 0.15) is 0 Å². The summed E-state index contributed by atoms with van der Waals surface area (Å²) in [6.45, 7) is 7.50. The minimum absolute atomic E-state index is 0.0454. The molecule has 0 aliphatic carbocycles. The van der Waals surface area contributed by atoms with E-state index < -0.39 is 18.9 Å². The average Bonchev–Trinajstić information content (AvgIpc) is 3.11. The maximum absolute atomic E-state index is 13.2. The number of carbonyl (C=O) groups excluding carboxylic acids is 1. The van der Waals surface area contributed by atoms with Gasteiger partial charge in [0.05, 0.1) is 29.4 Å². The van der Waals surface area contributed by atoms with Gasteiger partial charge < -0.3 is 4.90 Å². The summed E-state index contributed by atoms with van der Waals surface area (Å²) in [6, 6.07) is 9.57. The molecule has 154 valence electrons. The molecule has 7 heteroatoms. The smallest absolute Gasteiger partial charge is 0.255 e. The largest absolute Gasteiger partial charge is 0.333 e. The van der Waals surface area contributed by atoms with Crippen molar-refractivity contribution in [2.24, 2.45) is 0 Å². The Morgan fingerprint density at radius 3 is 2.48 bits per heavy atom. The zero-order valence-corrected chi connectivity index (χ0v) is 17.2. The van der Waals surface area contributed by atoms with Gasteiger partial charge in [0.2, 0.25) is 0 Å². The maximum atomic E-state index is 13.2. The number of benzene rings is 1. The number of hydrogen-bond donors (Lipinski definition) is 0. The van der Waals surface area contributed by atoms with Crippen LogP contribution < -0.4 is 0 Å². The monoisotopic (exact) mass is 400 g/mol. The zero-order chi connectivity index (χ0) is 21.1. The van der Waals surface area contributed by atoms with Crippen LogP contribution in [-0.4, -0.2) is 45.1 Å². The summed E-state index contributed by atoms with van der Waals surface area (Å²) < 4.78 is 27.9.